The summed E-state index contributed by atoms with van der Waals surface area (Å²) in [5, 5.41) is 13.5. The van der Waals surface area contributed by atoms with Gasteiger partial charge in [-0.05, 0) is 41.3 Å². The standard InChI is InChI=1S/C18H23NO2/c1-13(2)15-5-4-6-16(11-15)19-12-18(20)14-7-9-17(21-3)10-8-14/h4-11,13,18-20H,12H2,1-3H3. The van der Waals surface area contributed by atoms with Crippen LogP contribution in [0.25, 0.3) is 0 Å². The Labute approximate surface area is 126 Å². The summed E-state index contributed by atoms with van der Waals surface area (Å²) in [5.74, 6) is 1.29. The molecule has 2 aromatic carbocycles. The molecule has 1 atom stereocenters. The molecule has 0 radical (unpaired) electrons. The van der Waals surface area contributed by atoms with Crippen LogP contribution in [0, 0.1) is 0 Å². The summed E-state index contributed by atoms with van der Waals surface area (Å²) in [4.78, 5) is 0. The monoisotopic (exact) mass is 285 g/mol. The molecule has 0 aliphatic carbocycles. The molecule has 0 aromatic heterocycles. The predicted molar refractivity (Wildman–Crippen MR) is 87.0 cm³/mol. The first-order valence-electron chi connectivity index (χ1n) is 7.26. The van der Waals surface area contributed by atoms with Gasteiger partial charge in [-0.3, -0.25) is 0 Å². The minimum Gasteiger partial charge on any atom is -0.497 e. The number of hydrogen-bond acceptors (Lipinski definition) is 3. The van der Waals surface area contributed by atoms with Gasteiger partial charge in [-0.1, -0.05) is 38.1 Å². The molecule has 2 N–H and O–H groups in total. The Morgan fingerprint density at radius 3 is 2.38 bits per heavy atom. The summed E-state index contributed by atoms with van der Waals surface area (Å²) in [5.41, 5.74) is 3.20. The van der Waals surface area contributed by atoms with Gasteiger partial charge in [0.2, 0.25) is 0 Å². The van der Waals surface area contributed by atoms with E-state index >= 15 is 0 Å². The van der Waals surface area contributed by atoms with Gasteiger partial charge in [-0.15, -0.1) is 0 Å². The van der Waals surface area contributed by atoms with E-state index in [1.807, 2.05) is 36.4 Å². The number of ether oxygens (including phenoxy) is 1. The molecular weight excluding hydrogens is 262 g/mol. The largest absolute Gasteiger partial charge is 0.497 e. The lowest BCUT2D eigenvalue weighted by atomic mass is 10.0. The summed E-state index contributed by atoms with van der Waals surface area (Å²) < 4.78 is 5.12. The van der Waals surface area contributed by atoms with Crippen LogP contribution < -0.4 is 10.1 Å². The lowest BCUT2D eigenvalue weighted by molar-refractivity contribution is 0.191. The second kappa shape index (κ2) is 7.14. The molecule has 0 amide bonds. The van der Waals surface area contributed by atoms with E-state index in [9.17, 15) is 5.11 Å². The molecule has 3 nitrogen and oxygen atoms in total. The van der Waals surface area contributed by atoms with Crippen molar-refractivity contribution in [1.82, 2.24) is 0 Å². The Balaban J connectivity index is 1.96. The number of benzene rings is 2. The van der Waals surface area contributed by atoms with E-state index in [0.29, 0.717) is 12.5 Å². The molecule has 2 rings (SSSR count). The topological polar surface area (TPSA) is 41.5 Å². The highest BCUT2D eigenvalue weighted by Crippen LogP contribution is 2.21. The van der Waals surface area contributed by atoms with Crippen LogP contribution in [-0.2, 0) is 0 Å². The first-order chi connectivity index (χ1) is 10.1. The Morgan fingerprint density at radius 1 is 1.05 bits per heavy atom. The molecule has 112 valence electrons. The maximum atomic E-state index is 10.2. The molecule has 0 saturated heterocycles. The zero-order chi connectivity index (χ0) is 15.2. The van der Waals surface area contributed by atoms with Crippen LogP contribution in [-0.4, -0.2) is 18.8 Å². The summed E-state index contributed by atoms with van der Waals surface area (Å²) in [6.45, 7) is 4.82. The number of nitrogens with one attached hydrogen (secondary N) is 1. The van der Waals surface area contributed by atoms with Gasteiger partial charge in [0, 0.05) is 12.2 Å². The van der Waals surface area contributed by atoms with Crippen LogP contribution in [0.15, 0.2) is 48.5 Å². The maximum Gasteiger partial charge on any atom is 0.118 e. The molecule has 0 aliphatic heterocycles. The number of methoxy groups -OCH3 is 1. The fourth-order valence-electron chi connectivity index (χ4n) is 2.17. The highest BCUT2D eigenvalue weighted by Gasteiger charge is 2.08. The molecular formula is C18H23NO2. The zero-order valence-electron chi connectivity index (χ0n) is 12.8. The third kappa shape index (κ3) is 4.23. The van der Waals surface area contributed by atoms with Crippen molar-refractivity contribution in [3.63, 3.8) is 0 Å². The van der Waals surface area contributed by atoms with E-state index in [4.69, 9.17) is 4.74 Å². The normalized spacial score (nSPS) is 12.2. The van der Waals surface area contributed by atoms with Gasteiger partial charge in [-0.25, -0.2) is 0 Å². The lowest BCUT2D eigenvalue weighted by Gasteiger charge is -2.15. The molecule has 0 bridgehead atoms. The van der Waals surface area contributed by atoms with Crippen LogP contribution in [0.5, 0.6) is 5.75 Å². The van der Waals surface area contributed by atoms with Crippen molar-refractivity contribution in [2.75, 3.05) is 19.0 Å². The van der Waals surface area contributed by atoms with Crippen molar-refractivity contribution < 1.29 is 9.84 Å². The highest BCUT2D eigenvalue weighted by molar-refractivity contribution is 5.46. The minimum absolute atomic E-state index is 0.480. The minimum atomic E-state index is -0.543. The SMILES string of the molecule is COc1ccc(C(O)CNc2cccc(C(C)C)c2)cc1. The van der Waals surface area contributed by atoms with Crippen molar-refractivity contribution in [2.24, 2.45) is 0 Å². The number of anilines is 1. The number of hydrogen-bond donors (Lipinski definition) is 2. The van der Waals surface area contributed by atoms with E-state index in [1.165, 1.54) is 5.56 Å². The van der Waals surface area contributed by atoms with Gasteiger partial charge in [0.25, 0.3) is 0 Å². The third-order valence-corrected chi connectivity index (χ3v) is 3.55. The summed E-state index contributed by atoms with van der Waals surface area (Å²) in [6.07, 6.45) is -0.543. The molecule has 0 spiro atoms. The summed E-state index contributed by atoms with van der Waals surface area (Å²) in [6, 6.07) is 15.8. The average Bonchev–Trinajstić information content (AvgIpc) is 2.53. The first-order valence-corrected chi connectivity index (χ1v) is 7.26. The molecule has 1 unspecified atom stereocenters. The quantitative estimate of drug-likeness (QED) is 0.844. The summed E-state index contributed by atoms with van der Waals surface area (Å²) in [7, 11) is 1.63. The Kier molecular flexibility index (Phi) is 5.23. The molecule has 0 aliphatic rings. The van der Waals surface area contributed by atoms with Gasteiger partial charge < -0.3 is 15.2 Å². The number of aliphatic hydroxyl groups is 1. The smallest absolute Gasteiger partial charge is 0.118 e. The van der Waals surface area contributed by atoms with Crippen molar-refractivity contribution in [2.45, 2.75) is 25.9 Å². The zero-order valence-corrected chi connectivity index (χ0v) is 12.8. The van der Waals surface area contributed by atoms with Crippen LogP contribution in [0.4, 0.5) is 5.69 Å². The molecule has 21 heavy (non-hydrogen) atoms. The van der Waals surface area contributed by atoms with Crippen molar-refractivity contribution in [3.05, 3.63) is 59.7 Å². The second-order valence-electron chi connectivity index (χ2n) is 5.45. The lowest BCUT2D eigenvalue weighted by Crippen LogP contribution is -2.12. The van der Waals surface area contributed by atoms with Crippen LogP contribution >= 0.6 is 0 Å². The van der Waals surface area contributed by atoms with E-state index in [-0.39, 0.29) is 0 Å². The average molecular weight is 285 g/mol. The van der Waals surface area contributed by atoms with E-state index in [0.717, 1.165) is 17.0 Å². The Bertz CT molecular complexity index is 564. The van der Waals surface area contributed by atoms with Crippen molar-refractivity contribution >= 4 is 5.69 Å². The van der Waals surface area contributed by atoms with Crippen molar-refractivity contribution in [3.8, 4) is 5.75 Å². The van der Waals surface area contributed by atoms with E-state index in [1.54, 1.807) is 7.11 Å². The van der Waals surface area contributed by atoms with Gasteiger partial charge >= 0.3 is 0 Å². The van der Waals surface area contributed by atoms with Gasteiger partial charge in [-0.2, -0.15) is 0 Å². The molecule has 0 fully saturated rings. The van der Waals surface area contributed by atoms with Gasteiger partial charge in [0.1, 0.15) is 5.75 Å². The van der Waals surface area contributed by atoms with Crippen molar-refractivity contribution in [1.29, 1.82) is 0 Å². The van der Waals surface area contributed by atoms with Gasteiger partial charge in [0.15, 0.2) is 0 Å². The number of aliphatic hydroxyl groups excluding tert-OH is 1. The Hall–Kier alpha value is -2.00. The molecule has 2 aromatic rings. The first kappa shape index (κ1) is 15.4. The number of rotatable bonds is 6. The summed E-state index contributed by atoms with van der Waals surface area (Å²) >= 11 is 0. The Morgan fingerprint density at radius 2 is 1.76 bits per heavy atom. The second-order valence-corrected chi connectivity index (χ2v) is 5.45. The van der Waals surface area contributed by atoms with E-state index in [2.05, 4.69) is 31.3 Å². The third-order valence-electron chi connectivity index (χ3n) is 3.55. The fourth-order valence-corrected chi connectivity index (χ4v) is 2.17. The fraction of sp³-hybridized carbons (Fsp3) is 0.333. The molecule has 3 heteroatoms. The maximum absolute atomic E-state index is 10.2. The van der Waals surface area contributed by atoms with E-state index < -0.39 is 6.10 Å². The molecule has 0 heterocycles. The highest BCUT2D eigenvalue weighted by atomic mass is 16.5. The predicted octanol–water partition coefficient (Wildman–Crippen LogP) is 3.96. The molecule has 0 saturated carbocycles. The van der Waals surface area contributed by atoms with Crippen LogP contribution in [0.1, 0.15) is 37.0 Å². The van der Waals surface area contributed by atoms with Gasteiger partial charge in [0.05, 0.1) is 13.2 Å². The van der Waals surface area contributed by atoms with Crippen LogP contribution in [0.2, 0.25) is 0 Å². The van der Waals surface area contributed by atoms with Crippen LogP contribution in [0.3, 0.4) is 0 Å².